The van der Waals surface area contributed by atoms with Crippen LogP contribution in [0.15, 0.2) is 140 Å². The monoisotopic (exact) mass is 694 g/mol. The molecule has 268 valence electrons. The van der Waals surface area contributed by atoms with Gasteiger partial charge >= 0.3 is 0 Å². The number of hydrogen-bond donors (Lipinski definition) is 0. The van der Waals surface area contributed by atoms with Gasteiger partial charge < -0.3 is 9.47 Å². The summed E-state index contributed by atoms with van der Waals surface area (Å²) in [4.78, 5) is 2.41. The van der Waals surface area contributed by atoms with E-state index in [1.165, 1.54) is 44.1 Å². The molecular weight excluding hydrogens is 641 g/mol. The quantitative estimate of drug-likeness (QED) is 0.154. The molecule has 0 spiro atoms. The predicted octanol–water partition coefficient (Wildman–Crippen LogP) is 14.5. The fourth-order valence-electron chi connectivity index (χ4n) is 8.80. The molecule has 6 aromatic carbocycles. The average molecular weight is 695 g/mol. The summed E-state index contributed by atoms with van der Waals surface area (Å²) in [5.74, 6) is 0. The summed E-state index contributed by atoms with van der Waals surface area (Å²) in [6.45, 7) is 22.1. The van der Waals surface area contributed by atoms with Crippen molar-refractivity contribution in [3.63, 3.8) is 0 Å². The number of hydrogen-bond acceptors (Lipinski definition) is 1. The van der Waals surface area contributed by atoms with Crippen LogP contribution in [0.3, 0.4) is 0 Å². The van der Waals surface area contributed by atoms with E-state index in [-0.39, 0.29) is 21.7 Å². The van der Waals surface area contributed by atoms with Crippen LogP contribution in [0, 0.1) is 10.8 Å². The molecule has 0 amide bonds. The van der Waals surface area contributed by atoms with E-state index in [9.17, 15) is 0 Å². The Labute approximate surface area is 317 Å². The summed E-state index contributed by atoms with van der Waals surface area (Å²) in [5.41, 5.74) is 14.3. The SMILES string of the molecule is CCC(C)(C)C(C)(C)c1cc(-c2cc(N(c3ccccc3)c3ccccc3)cc(-n3c4ccccc4c4ccccc43)c2)cc2c1CC(C)(C)C2(C)C. The van der Waals surface area contributed by atoms with Gasteiger partial charge in [0.2, 0.25) is 0 Å². The Morgan fingerprint density at radius 1 is 0.585 bits per heavy atom. The first kappa shape index (κ1) is 35.0. The second kappa shape index (κ2) is 12.5. The molecule has 1 heterocycles. The molecule has 1 aliphatic carbocycles. The standard InChI is InChI=1S/C51H54N2/c1-10-48(2,3)50(6,7)44-31-36(32-45-43(44)34-49(4,5)51(45,8)9)35-29-39(52(37-21-13-11-14-22-37)38-23-15-12-16-24-38)33-40(30-35)53-46-27-19-17-25-41(46)42-26-18-20-28-47(42)53/h11-33H,10,34H2,1-9H3. The van der Waals surface area contributed by atoms with Crippen molar-refractivity contribution in [3.05, 3.63) is 156 Å². The van der Waals surface area contributed by atoms with E-state index in [2.05, 4.69) is 211 Å². The van der Waals surface area contributed by atoms with Crippen molar-refractivity contribution in [2.24, 2.45) is 10.8 Å². The number of anilines is 3. The maximum Gasteiger partial charge on any atom is 0.0541 e. The number of nitrogens with zero attached hydrogens (tertiary/aromatic N) is 2. The van der Waals surface area contributed by atoms with Crippen LogP contribution in [0.25, 0.3) is 38.6 Å². The molecule has 0 saturated carbocycles. The Balaban J connectivity index is 1.47. The van der Waals surface area contributed by atoms with Gasteiger partial charge in [-0.15, -0.1) is 0 Å². The highest BCUT2D eigenvalue weighted by atomic mass is 15.1. The highest BCUT2D eigenvalue weighted by molar-refractivity contribution is 6.09. The zero-order valence-corrected chi connectivity index (χ0v) is 33.1. The maximum atomic E-state index is 2.57. The van der Waals surface area contributed by atoms with Gasteiger partial charge in [0, 0.05) is 33.5 Å². The first-order valence-electron chi connectivity index (χ1n) is 19.5. The van der Waals surface area contributed by atoms with E-state index in [4.69, 9.17) is 0 Å². The van der Waals surface area contributed by atoms with E-state index in [0.29, 0.717) is 0 Å². The molecule has 0 N–H and O–H groups in total. The van der Waals surface area contributed by atoms with Gasteiger partial charge in [-0.25, -0.2) is 0 Å². The van der Waals surface area contributed by atoms with Crippen molar-refractivity contribution in [1.82, 2.24) is 4.57 Å². The lowest BCUT2D eigenvalue weighted by molar-refractivity contribution is 0.187. The number of benzene rings is 6. The van der Waals surface area contributed by atoms with E-state index < -0.39 is 0 Å². The van der Waals surface area contributed by atoms with Gasteiger partial charge in [-0.1, -0.05) is 154 Å². The Morgan fingerprint density at radius 2 is 1.09 bits per heavy atom. The van der Waals surface area contributed by atoms with Crippen LogP contribution in [-0.4, -0.2) is 4.57 Å². The topological polar surface area (TPSA) is 8.17 Å². The summed E-state index contributed by atoms with van der Waals surface area (Å²) < 4.78 is 2.47. The molecule has 8 rings (SSSR count). The largest absolute Gasteiger partial charge is 0.310 e. The third-order valence-electron chi connectivity index (χ3n) is 13.8. The molecule has 0 radical (unpaired) electrons. The minimum absolute atomic E-state index is 0.0208. The van der Waals surface area contributed by atoms with Gasteiger partial charge in [0.1, 0.15) is 0 Å². The van der Waals surface area contributed by atoms with Crippen LogP contribution >= 0.6 is 0 Å². The highest BCUT2D eigenvalue weighted by Gasteiger charge is 2.49. The Morgan fingerprint density at radius 3 is 1.64 bits per heavy atom. The lowest BCUT2D eigenvalue weighted by Crippen LogP contribution is -2.37. The van der Waals surface area contributed by atoms with Gasteiger partial charge in [0.25, 0.3) is 0 Å². The highest BCUT2D eigenvalue weighted by Crippen LogP contribution is 2.57. The number of aromatic nitrogens is 1. The zero-order chi connectivity index (χ0) is 37.3. The normalized spacial score (nSPS) is 15.2. The van der Waals surface area contributed by atoms with Crippen molar-refractivity contribution < 1.29 is 0 Å². The second-order valence-corrected chi connectivity index (χ2v) is 17.7. The van der Waals surface area contributed by atoms with Crippen molar-refractivity contribution >= 4 is 38.9 Å². The molecule has 0 saturated heterocycles. The minimum Gasteiger partial charge on any atom is -0.310 e. The third kappa shape index (κ3) is 5.52. The van der Waals surface area contributed by atoms with Crippen molar-refractivity contribution in [2.75, 3.05) is 4.90 Å². The fourth-order valence-corrected chi connectivity index (χ4v) is 8.80. The van der Waals surface area contributed by atoms with Gasteiger partial charge in [0.05, 0.1) is 11.0 Å². The molecule has 1 aromatic heterocycles. The van der Waals surface area contributed by atoms with Crippen LogP contribution in [-0.2, 0) is 17.3 Å². The Bertz CT molecular complexity index is 2370. The zero-order valence-electron chi connectivity index (χ0n) is 33.1. The molecule has 0 atom stereocenters. The molecule has 0 unspecified atom stereocenters. The summed E-state index contributed by atoms with van der Waals surface area (Å²) in [5, 5.41) is 2.54. The molecule has 0 fully saturated rings. The molecule has 1 aliphatic rings. The number of rotatable bonds is 8. The molecule has 0 bridgehead atoms. The number of para-hydroxylation sites is 4. The second-order valence-electron chi connectivity index (χ2n) is 17.7. The Kier molecular flexibility index (Phi) is 8.26. The van der Waals surface area contributed by atoms with E-state index in [0.717, 1.165) is 35.6 Å². The van der Waals surface area contributed by atoms with Crippen LogP contribution < -0.4 is 4.90 Å². The predicted molar refractivity (Wildman–Crippen MR) is 229 cm³/mol. The van der Waals surface area contributed by atoms with E-state index in [1.54, 1.807) is 5.56 Å². The van der Waals surface area contributed by atoms with Crippen LogP contribution in [0.5, 0.6) is 0 Å². The lowest BCUT2D eigenvalue weighted by atomic mass is 9.61. The average Bonchev–Trinajstić information content (AvgIpc) is 3.58. The maximum absolute atomic E-state index is 2.57. The first-order chi connectivity index (χ1) is 25.2. The summed E-state index contributed by atoms with van der Waals surface area (Å²) in [6.07, 6.45) is 2.21. The molecular formula is C51H54N2. The summed E-state index contributed by atoms with van der Waals surface area (Å²) in [7, 11) is 0. The van der Waals surface area contributed by atoms with Gasteiger partial charge in [-0.3, -0.25) is 0 Å². The van der Waals surface area contributed by atoms with E-state index >= 15 is 0 Å². The molecule has 0 aliphatic heterocycles. The van der Waals surface area contributed by atoms with E-state index in [1.807, 2.05) is 0 Å². The first-order valence-corrected chi connectivity index (χ1v) is 19.5. The van der Waals surface area contributed by atoms with Crippen LogP contribution in [0.2, 0.25) is 0 Å². The smallest absolute Gasteiger partial charge is 0.0541 e. The summed E-state index contributed by atoms with van der Waals surface area (Å²) >= 11 is 0. The van der Waals surface area contributed by atoms with Crippen LogP contribution in [0.1, 0.15) is 85.4 Å². The summed E-state index contributed by atoms with van der Waals surface area (Å²) in [6, 6.07) is 51.6. The van der Waals surface area contributed by atoms with Crippen molar-refractivity contribution in [2.45, 2.75) is 86.0 Å². The number of fused-ring (bicyclic) bond motifs is 4. The fraction of sp³-hybridized carbons (Fsp3) is 0.294. The van der Waals surface area contributed by atoms with Gasteiger partial charge in [-0.2, -0.15) is 0 Å². The van der Waals surface area contributed by atoms with Gasteiger partial charge in [0.15, 0.2) is 0 Å². The molecule has 2 nitrogen and oxygen atoms in total. The van der Waals surface area contributed by atoms with Crippen LogP contribution in [0.4, 0.5) is 17.1 Å². The van der Waals surface area contributed by atoms with Crippen molar-refractivity contribution in [1.29, 1.82) is 0 Å². The van der Waals surface area contributed by atoms with Gasteiger partial charge in [-0.05, 0) is 110 Å². The molecule has 7 aromatic rings. The molecule has 53 heavy (non-hydrogen) atoms. The Hall–Kier alpha value is -5.08. The van der Waals surface area contributed by atoms with Crippen molar-refractivity contribution in [3.8, 4) is 16.8 Å². The molecule has 2 heteroatoms. The minimum atomic E-state index is -0.0360. The third-order valence-corrected chi connectivity index (χ3v) is 13.8. The lowest BCUT2D eigenvalue weighted by Gasteiger charge is -2.43.